The van der Waals surface area contributed by atoms with Crippen molar-refractivity contribution in [3.63, 3.8) is 0 Å². The van der Waals surface area contributed by atoms with Crippen LogP contribution in [0.1, 0.15) is 43.5 Å². The van der Waals surface area contributed by atoms with Crippen LogP contribution in [0.4, 0.5) is 0 Å². The van der Waals surface area contributed by atoms with Gasteiger partial charge in [-0.25, -0.2) is 12.7 Å². The smallest absolute Gasteiger partial charge is 0.269 e. The van der Waals surface area contributed by atoms with Gasteiger partial charge >= 0.3 is 0 Å². The number of ether oxygens (including phenoxy) is 1. The average molecular weight is 397 g/mol. The second-order valence-corrected chi connectivity index (χ2v) is 8.50. The van der Waals surface area contributed by atoms with Crippen molar-refractivity contribution >= 4 is 21.8 Å². The molecule has 0 saturated carbocycles. The highest BCUT2D eigenvalue weighted by Crippen LogP contribution is 2.20. The van der Waals surface area contributed by atoms with Gasteiger partial charge in [-0.2, -0.15) is 0 Å². The predicted molar refractivity (Wildman–Crippen MR) is 102 cm³/mol. The summed E-state index contributed by atoms with van der Waals surface area (Å²) < 4.78 is 31.1. The molecule has 1 saturated heterocycles. The van der Waals surface area contributed by atoms with Gasteiger partial charge in [-0.05, 0) is 50.5 Å². The summed E-state index contributed by atoms with van der Waals surface area (Å²) in [5, 5.41) is 0. The monoisotopic (exact) mass is 397 g/mol. The van der Waals surface area contributed by atoms with E-state index in [1.54, 1.807) is 24.3 Å². The van der Waals surface area contributed by atoms with E-state index in [9.17, 15) is 18.0 Å². The van der Waals surface area contributed by atoms with Crippen molar-refractivity contribution in [3.05, 3.63) is 29.8 Å². The maximum atomic E-state index is 12.3. The van der Waals surface area contributed by atoms with Crippen LogP contribution in [0.2, 0.25) is 0 Å². The van der Waals surface area contributed by atoms with Gasteiger partial charge < -0.3 is 4.74 Å². The third-order valence-corrected chi connectivity index (χ3v) is 6.38. The number of rotatable bonds is 7. The van der Waals surface area contributed by atoms with Crippen LogP contribution in [-0.4, -0.2) is 50.0 Å². The summed E-state index contributed by atoms with van der Waals surface area (Å²) >= 11 is 0. The van der Waals surface area contributed by atoms with E-state index in [1.165, 1.54) is 4.31 Å². The van der Waals surface area contributed by atoms with Crippen molar-refractivity contribution in [1.82, 2.24) is 15.2 Å². The molecule has 2 rings (SSSR count). The molecule has 2 amide bonds. The number of nitrogens with zero attached hydrogens (tertiary/aromatic N) is 1. The van der Waals surface area contributed by atoms with Gasteiger partial charge in [0, 0.05) is 18.7 Å². The van der Waals surface area contributed by atoms with Crippen LogP contribution in [0.5, 0.6) is 5.75 Å². The van der Waals surface area contributed by atoms with Crippen LogP contribution in [0.3, 0.4) is 0 Å². The third kappa shape index (κ3) is 5.93. The molecule has 1 atom stereocenters. The van der Waals surface area contributed by atoms with Crippen molar-refractivity contribution in [3.8, 4) is 5.75 Å². The number of piperidine rings is 1. The van der Waals surface area contributed by atoms with Gasteiger partial charge in [0.1, 0.15) is 5.75 Å². The normalized spacial score (nSPS) is 17.9. The van der Waals surface area contributed by atoms with Crippen molar-refractivity contribution in [1.29, 1.82) is 0 Å². The number of hydrazine groups is 1. The molecule has 2 N–H and O–H groups in total. The van der Waals surface area contributed by atoms with Crippen LogP contribution >= 0.6 is 0 Å². The van der Waals surface area contributed by atoms with Gasteiger partial charge in [-0.3, -0.25) is 20.4 Å². The van der Waals surface area contributed by atoms with E-state index in [0.29, 0.717) is 43.7 Å². The molecule has 0 aromatic heterocycles. The predicted octanol–water partition coefficient (Wildman–Crippen LogP) is 1.30. The fourth-order valence-electron chi connectivity index (χ4n) is 2.96. The first kappa shape index (κ1) is 21.2. The van der Waals surface area contributed by atoms with Crippen LogP contribution in [-0.2, 0) is 14.8 Å². The van der Waals surface area contributed by atoms with E-state index >= 15 is 0 Å². The first-order chi connectivity index (χ1) is 12.9. The Bertz CT molecular complexity index is 749. The Morgan fingerprint density at radius 1 is 1.19 bits per heavy atom. The second-order valence-electron chi connectivity index (χ2n) is 6.41. The number of hydrogen-bond acceptors (Lipinski definition) is 5. The zero-order valence-corrected chi connectivity index (χ0v) is 16.5. The van der Waals surface area contributed by atoms with Crippen molar-refractivity contribution in [2.45, 2.75) is 33.1 Å². The number of carbonyl (C=O) groups excluding carboxylic acids is 2. The summed E-state index contributed by atoms with van der Waals surface area (Å²) in [6.07, 6.45) is 1.74. The number of benzene rings is 1. The van der Waals surface area contributed by atoms with E-state index in [4.69, 9.17) is 4.74 Å². The fraction of sp³-hybridized carbons (Fsp3) is 0.556. The lowest BCUT2D eigenvalue weighted by Gasteiger charge is -2.31. The molecular formula is C18H27N3O5S. The molecule has 1 heterocycles. The Balaban J connectivity index is 1.88. The molecule has 27 heavy (non-hydrogen) atoms. The van der Waals surface area contributed by atoms with Crippen molar-refractivity contribution in [2.75, 3.05) is 25.4 Å². The van der Waals surface area contributed by atoms with Gasteiger partial charge in [-0.1, -0.05) is 6.92 Å². The average Bonchev–Trinajstić information content (AvgIpc) is 2.67. The molecule has 1 aliphatic heterocycles. The Kier molecular flexibility index (Phi) is 7.61. The minimum Gasteiger partial charge on any atom is -0.494 e. The fourth-order valence-corrected chi connectivity index (χ4v) is 4.55. The molecule has 150 valence electrons. The first-order valence-electron chi connectivity index (χ1n) is 9.18. The Labute approximate surface area is 160 Å². The molecule has 1 aromatic carbocycles. The highest BCUT2D eigenvalue weighted by Gasteiger charge is 2.31. The topological polar surface area (TPSA) is 105 Å². The molecule has 0 bridgehead atoms. The number of nitrogens with one attached hydrogen (secondary N) is 2. The molecule has 1 unspecified atom stereocenters. The van der Waals surface area contributed by atoms with Crippen LogP contribution < -0.4 is 15.6 Å². The minimum atomic E-state index is -3.33. The molecule has 1 aromatic rings. The highest BCUT2D eigenvalue weighted by atomic mass is 32.2. The minimum absolute atomic E-state index is 0.0792. The summed E-state index contributed by atoms with van der Waals surface area (Å²) in [6, 6.07) is 6.56. The molecule has 1 aliphatic rings. The molecule has 0 aliphatic carbocycles. The molecule has 1 fully saturated rings. The van der Waals surface area contributed by atoms with Crippen LogP contribution in [0, 0.1) is 5.92 Å². The number of sulfonamides is 1. The summed E-state index contributed by atoms with van der Waals surface area (Å²) in [6.45, 7) is 4.80. The van der Waals surface area contributed by atoms with E-state index in [2.05, 4.69) is 10.9 Å². The number of hydrogen-bond donors (Lipinski definition) is 2. The van der Waals surface area contributed by atoms with Crippen molar-refractivity contribution < 1.29 is 22.7 Å². The SMILES string of the molecule is CCCS(=O)(=O)N1CCCC(C(=O)NNC(=O)c2ccc(OCC)cc2)C1. The lowest BCUT2D eigenvalue weighted by molar-refractivity contribution is -0.126. The lowest BCUT2D eigenvalue weighted by Crippen LogP contribution is -2.50. The van der Waals surface area contributed by atoms with E-state index in [-0.39, 0.29) is 18.2 Å². The zero-order chi connectivity index (χ0) is 19.9. The van der Waals surface area contributed by atoms with Gasteiger partial charge in [-0.15, -0.1) is 0 Å². The van der Waals surface area contributed by atoms with E-state index < -0.39 is 21.8 Å². The van der Waals surface area contributed by atoms with Gasteiger partial charge in [0.05, 0.1) is 18.3 Å². The van der Waals surface area contributed by atoms with Crippen LogP contribution in [0.25, 0.3) is 0 Å². The summed E-state index contributed by atoms with van der Waals surface area (Å²) in [5.41, 5.74) is 5.17. The third-order valence-electron chi connectivity index (χ3n) is 4.34. The lowest BCUT2D eigenvalue weighted by atomic mass is 9.99. The largest absolute Gasteiger partial charge is 0.494 e. The molecule has 9 heteroatoms. The second kappa shape index (κ2) is 9.70. The summed E-state index contributed by atoms with van der Waals surface area (Å²) in [5.74, 6) is -0.571. The molecule has 0 radical (unpaired) electrons. The molecule has 0 spiro atoms. The quantitative estimate of drug-likeness (QED) is 0.675. The zero-order valence-electron chi connectivity index (χ0n) is 15.7. The number of carbonyl (C=O) groups is 2. The van der Waals surface area contributed by atoms with Crippen molar-refractivity contribution in [2.24, 2.45) is 5.92 Å². The Hall–Kier alpha value is -2.13. The summed E-state index contributed by atoms with van der Waals surface area (Å²) in [7, 11) is -3.33. The van der Waals surface area contributed by atoms with Gasteiger partial charge in [0.25, 0.3) is 5.91 Å². The first-order valence-corrected chi connectivity index (χ1v) is 10.8. The Morgan fingerprint density at radius 2 is 1.89 bits per heavy atom. The molecule has 8 nitrogen and oxygen atoms in total. The number of amides is 2. The maximum Gasteiger partial charge on any atom is 0.269 e. The van der Waals surface area contributed by atoms with Crippen LogP contribution in [0.15, 0.2) is 24.3 Å². The van der Waals surface area contributed by atoms with E-state index in [0.717, 1.165) is 0 Å². The molecular weight excluding hydrogens is 370 g/mol. The van der Waals surface area contributed by atoms with Gasteiger partial charge in [0.2, 0.25) is 15.9 Å². The Morgan fingerprint density at radius 3 is 2.52 bits per heavy atom. The summed E-state index contributed by atoms with van der Waals surface area (Å²) in [4.78, 5) is 24.5. The van der Waals surface area contributed by atoms with Gasteiger partial charge in [0.15, 0.2) is 0 Å². The van der Waals surface area contributed by atoms with E-state index in [1.807, 2.05) is 13.8 Å². The maximum absolute atomic E-state index is 12.3. The highest BCUT2D eigenvalue weighted by molar-refractivity contribution is 7.89. The standard InChI is InChI=1S/C18H27N3O5S/c1-3-12-27(24,25)21-11-5-6-15(13-21)18(23)20-19-17(22)14-7-9-16(10-8-14)26-4-2/h7-10,15H,3-6,11-13H2,1-2H3,(H,19,22)(H,20,23).